The van der Waals surface area contributed by atoms with Crippen LogP contribution in [0.1, 0.15) is 38.2 Å². The van der Waals surface area contributed by atoms with Gasteiger partial charge in [0.15, 0.2) is 0 Å². The number of aliphatic hydroxyl groups is 1. The Balaban J connectivity index is 1.48. The molecule has 6 heteroatoms. The monoisotopic (exact) mass is 380 g/mol. The summed E-state index contributed by atoms with van der Waals surface area (Å²) in [7, 11) is 0. The summed E-state index contributed by atoms with van der Waals surface area (Å²) in [6, 6.07) is 10.6. The zero-order valence-corrected chi connectivity index (χ0v) is 16.3. The minimum absolute atomic E-state index is 0.109. The Kier molecular flexibility index (Phi) is 5.77. The Hall–Kier alpha value is -2.20. The first kappa shape index (κ1) is 19.1. The van der Waals surface area contributed by atoms with Gasteiger partial charge in [-0.1, -0.05) is 0 Å². The summed E-state index contributed by atoms with van der Waals surface area (Å²) in [6.45, 7) is 4.55. The predicted octanol–water partition coefficient (Wildman–Crippen LogP) is 2.59. The molecule has 2 fully saturated rings. The van der Waals surface area contributed by atoms with Crippen LogP contribution in [0.2, 0.25) is 0 Å². The number of hydrogen-bond donors (Lipinski definition) is 2. The number of aliphatic hydroxyl groups excluding tert-OH is 1. The van der Waals surface area contributed by atoms with Gasteiger partial charge in [0.25, 0.3) is 0 Å². The maximum Gasteiger partial charge on any atom is 0.101 e. The molecule has 2 aliphatic rings. The summed E-state index contributed by atoms with van der Waals surface area (Å²) in [5.41, 5.74) is 2.48. The van der Waals surface area contributed by atoms with Crippen LogP contribution in [0.15, 0.2) is 30.5 Å². The summed E-state index contributed by atoms with van der Waals surface area (Å²) >= 11 is 0. The van der Waals surface area contributed by atoms with E-state index in [4.69, 9.17) is 4.74 Å². The average molecular weight is 380 g/mol. The number of ether oxygens (including phenoxy) is 1. The van der Waals surface area contributed by atoms with Gasteiger partial charge in [-0.3, -0.25) is 4.98 Å². The molecule has 6 nitrogen and oxygen atoms in total. The van der Waals surface area contributed by atoms with E-state index < -0.39 is 0 Å². The van der Waals surface area contributed by atoms with Crippen LogP contribution >= 0.6 is 0 Å². The number of nitriles is 1. The lowest BCUT2D eigenvalue weighted by molar-refractivity contribution is -0.0169. The third-order valence-corrected chi connectivity index (χ3v) is 5.86. The van der Waals surface area contributed by atoms with Gasteiger partial charge < -0.3 is 20.1 Å². The number of aromatic nitrogens is 1. The van der Waals surface area contributed by atoms with Gasteiger partial charge in [-0.2, -0.15) is 5.26 Å². The minimum Gasteiger partial charge on any atom is -0.393 e. The van der Waals surface area contributed by atoms with Crippen molar-refractivity contribution in [3.63, 3.8) is 0 Å². The van der Waals surface area contributed by atoms with Crippen molar-refractivity contribution in [3.8, 4) is 6.07 Å². The van der Waals surface area contributed by atoms with Gasteiger partial charge >= 0.3 is 0 Å². The Bertz CT molecular complexity index is 857. The van der Waals surface area contributed by atoms with Crippen LogP contribution < -0.4 is 10.2 Å². The summed E-state index contributed by atoms with van der Waals surface area (Å²) in [5, 5.41) is 23.7. The van der Waals surface area contributed by atoms with Crippen LogP contribution in [0.4, 0.5) is 5.69 Å². The van der Waals surface area contributed by atoms with Crippen LogP contribution in [0.5, 0.6) is 0 Å². The first-order valence-corrected chi connectivity index (χ1v) is 10.2. The van der Waals surface area contributed by atoms with Gasteiger partial charge in [0, 0.05) is 42.9 Å². The lowest BCUT2D eigenvalue weighted by Gasteiger charge is -2.39. The zero-order chi connectivity index (χ0) is 19.5. The minimum atomic E-state index is -0.127. The van der Waals surface area contributed by atoms with Gasteiger partial charge in [0.2, 0.25) is 0 Å². The molecule has 2 atom stereocenters. The molecule has 1 aromatic heterocycles. The number of morpholine rings is 1. The second-order valence-electron chi connectivity index (χ2n) is 8.03. The Morgan fingerprint density at radius 3 is 2.86 bits per heavy atom. The highest BCUT2D eigenvalue weighted by atomic mass is 16.5. The van der Waals surface area contributed by atoms with E-state index in [1.54, 1.807) is 6.20 Å². The molecule has 4 rings (SSSR count). The molecule has 2 heterocycles. The van der Waals surface area contributed by atoms with Gasteiger partial charge in [0.1, 0.15) is 6.07 Å². The van der Waals surface area contributed by atoms with Gasteiger partial charge in [-0.25, -0.2) is 0 Å². The van der Waals surface area contributed by atoms with Crippen LogP contribution in [0.3, 0.4) is 0 Å². The van der Waals surface area contributed by atoms with E-state index in [1.807, 2.05) is 24.3 Å². The highest BCUT2D eigenvalue weighted by Gasteiger charge is 2.28. The lowest BCUT2D eigenvalue weighted by atomic mass is 9.93. The molecule has 2 N–H and O–H groups in total. The third-order valence-electron chi connectivity index (χ3n) is 5.86. The van der Waals surface area contributed by atoms with Crippen molar-refractivity contribution in [2.75, 3.05) is 24.5 Å². The topological polar surface area (TPSA) is 81.4 Å². The molecule has 1 aliphatic carbocycles. The molecule has 0 unspecified atom stereocenters. The molecule has 1 aromatic carbocycles. The number of nitrogens with one attached hydrogen (secondary N) is 1. The van der Waals surface area contributed by atoms with E-state index in [1.165, 1.54) is 0 Å². The SMILES string of the molecule is C[C@@H]1CN(c2ccc(C#N)c3ncccc23)C[C@H](CNC2CCC(O)CC2)O1. The van der Waals surface area contributed by atoms with Crippen LogP contribution in [-0.2, 0) is 4.74 Å². The second kappa shape index (κ2) is 8.44. The van der Waals surface area contributed by atoms with Crippen molar-refractivity contribution in [1.82, 2.24) is 10.3 Å². The number of nitrogens with zero attached hydrogens (tertiary/aromatic N) is 3. The molecule has 28 heavy (non-hydrogen) atoms. The van der Waals surface area contributed by atoms with E-state index in [0.717, 1.165) is 61.9 Å². The summed E-state index contributed by atoms with van der Waals surface area (Å²) in [5.74, 6) is 0. The predicted molar refractivity (Wildman–Crippen MR) is 109 cm³/mol. The Morgan fingerprint density at radius 1 is 1.25 bits per heavy atom. The van der Waals surface area contributed by atoms with Gasteiger partial charge in [-0.15, -0.1) is 0 Å². The largest absolute Gasteiger partial charge is 0.393 e. The fraction of sp³-hybridized carbons (Fsp3) is 0.545. The van der Waals surface area contributed by atoms with E-state index in [0.29, 0.717) is 11.6 Å². The van der Waals surface area contributed by atoms with E-state index >= 15 is 0 Å². The van der Waals surface area contributed by atoms with Crippen molar-refractivity contribution >= 4 is 16.6 Å². The number of pyridine rings is 1. The van der Waals surface area contributed by atoms with Crippen molar-refractivity contribution < 1.29 is 9.84 Å². The van der Waals surface area contributed by atoms with Crippen LogP contribution in [-0.4, -0.2) is 54.1 Å². The maximum absolute atomic E-state index is 9.68. The standard InChI is InChI=1S/C22H28N4O2/c1-15-13-26(14-19(28-15)12-25-17-5-7-18(27)8-6-17)21-9-4-16(11-23)22-20(21)3-2-10-24-22/h2-4,9-10,15,17-19,25,27H,5-8,12-14H2,1H3/t15-,17?,18?,19+/m1/s1. The molecule has 0 radical (unpaired) electrons. The molecule has 1 aliphatic heterocycles. The summed E-state index contributed by atoms with van der Waals surface area (Å²) in [6.07, 6.45) is 5.68. The van der Waals surface area contributed by atoms with E-state index in [9.17, 15) is 10.4 Å². The maximum atomic E-state index is 9.68. The van der Waals surface area contributed by atoms with Gasteiger partial charge in [0.05, 0.1) is 29.4 Å². The first-order valence-electron chi connectivity index (χ1n) is 10.2. The number of hydrogen-bond acceptors (Lipinski definition) is 6. The molecule has 1 saturated carbocycles. The second-order valence-corrected chi connectivity index (χ2v) is 8.03. The van der Waals surface area contributed by atoms with Gasteiger partial charge in [-0.05, 0) is 56.9 Å². The quantitative estimate of drug-likeness (QED) is 0.849. The molecule has 1 saturated heterocycles. The normalized spacial score (nSPS) is 28.2. The van der Waals surface area contributed by atoms with Crippen molar-refractivity contribution in [2.24, 2.45) is 0 Å². The molecule has 0 spiro atoms. The highest BCUT2D eigenvalue weighted by molar-refractivity contribution is 5.95. The molecule has 148 valence electrons. The van der Waals surface area contributed by atoms with Crippen molar-refractivity contribution in [3.05, 3.63) is 36.0 Å². The Labute approximate surface area is 166 Å². The number of fused-ring (bicyclic) bond motifs is 1. The third kappa shape index (κ3) is 4.12. The zero-order valence-electron chi connectivity index (χ0n) is 16.3. The number of rotatable bonds is 4. The number of benzene rings is 1. The average Bonchev–Trinajstić information content (AvgIpc) is 2.72. The molecule has 2 aromatic rings. The number of anilines is 1. The smallest absolute Gasteiger partial charge is 0.101 e. The van der Waals surface area contributed by atoms with Crippen molar-refractivity contribution in [1.29, 1.82) is 5.26 Å². The summed E-state index contributed by atoms with van der Waals surface area (Å²) in [4.78, 5) is 6.79. The summed E-state index contributed by atoms with van der Waals surface area (Å²) < 4.78 is 6.19. The first-order chi connectivity index (χ1) is 13.6. The van der Waals surface area contributed by atoms with Crippen LogP contribution in [0, 0.1) is 11.3 Å². The molecular weight excluding hydrogens is 352 g/mol. The highest BCUT2D eigenvalue weighted by Crippen LogP contribution is 2.30. The van der Waals surface area contributed by atoms with Crippen LogP contribution in [0.25, 0.3) is 10.9 Å². The Morgan fingerprint density at radius 2 is 2.07 bits per heavy atom. The lowest BCUT2D eigenvalue weighted by Crippen LogP contribution is -2.51. The van der Waals surface area contributed by atoms with Crippen molar-refractivity contribution in [2.45, 2.75) is 57.0 Å². The van der Waals surface area contributed by atoms with E-state index in [2.05, 4.69) is 28.2 Å². The fourth-order valence-corrected chi connectivity index (χ4v) is 4.46. The molecular formula is C22H28N4O2. The molecule has 0 bridgehead atoms. The van der Waals surface area contributed by atoms with E-state index in [-0.39, 0.29) is 18.3 Å². The molecule has 0 amide bonds. The fourth-order valence-electron chi connectivity index (χ4n) is 4.46.